The summed E-state index contributed by atoms with van der Waals surface area (Å²) in [5.74, 6) is 0. The summed E-state index contributed by atoms with van der Waals surface area (Å²) in [5.41, 5.74) is -0.504. The first kappa shape index (κ1) is 14.5. The van der Waals surface area contributed by atoms with Crippen LogP contribution in [0.1, 0.15) is 12.8 Å². The third-order valence-electron chi connectivity index (χ3n) is 3.32. The van der Waals surface area contributed by atoms with Crippen molar-refractivity contribution in [2.45, 2.75) is 23.8 Å². The molecule has 0 aliphatic carbocycles. The van der Waals surface area contributed by atoms with Crippen molar-refractivity contribution in [2.24, 2.45) is 0 Å². The van der Waals surface area contributed by atoms with Crippen molar-refractivity contribution in [1.29, 1.82) is 0 Å². The Morgan fingerprint density at radius 3 is 2.89 bits per heavy atom. The summed E-state index contributed by atoms with van der Waals surface area (Å²) in [4.78, 5) is 15.5. The number of pyridine rings is 1. The minimum Gasteiger partial charge on any atom is -0.326 e. The van der Waals surface area contributed by atoms with Crippen LogP contribution in [0.25, 0.3) is 0 Å². The molecule has 1 atom stereocenters. The first-order valence-corrected chi connectivity index (χ1v) is 7.84. The molecule has 0 spiro atoms. The van der Waals surface area contributed by atoms with Crippen molar-refractivity contribution in [1.82, 2.24) is 14.6 Å². The number of hydrogen-bond donors (Lipinski definition) is 2. The first-order chi connectivity index (χ1) is 8.90. The third kappa shape index (κ3) is 3.36. The average Bonchev–Trinajstić information content (AvgIpc) is 2.76. The van der Waals surface area contributed by atoms with Gasteiger partial charge in [-0.05, 0) is 32.5 Å². The van der Waals surface area contributed by atoms with Crippen LogP contribution in [0.4, 0.5) is 0 Å². The lowest BCUT2D eigenvalue weighted by atomic mass is 10.2. The molecule has 0 saturated carbocycles. The van der Waals surface area contributed by atoms with Crippen molar-refractivity contribution < 1.29 is 8.42 Å². The maximum atomic E-state index is 12.0. The molecule has 2 N–H and O–H groups in total. The molecule has 0 amide bonds. The number of sulfonamides is 1. The number of likely N-dealkylation sites (N-methyl/N-ethyl adjacent to an activating group) is 1. The number of nitrogens with one attached hydrogen (secondary N) is 2. The van der Waals surface area contributed by atoms with Crippen LogP contribution in [-0.4, -0.2) is 44.5 Å². The zero-order chi connectivity index (χ0) is 14.0. The molecule has 1 aromatic rings. The minimum absolute atomic E-state index is 0.0299. The van der Waals surface area contributed by atoms with E-state index in [2.05, 4.69) is 14.6 Å². The molecule has 1 aliphatic rings. The first-order valence-electron chi connectivity index (χ1n) is 5.98. The summed E-state index contributed by atoms with van der Waals surface area (Å²) in [6, 6.07) is 1.37. The molecular formula is C11H16ClN3O3S. The van der Waals surface area contributed by atoms with Gasteiger partial charge >= 0.3 is 0 Å². The third-order valence-corrected chi connectivity index (χ3v) is 5.01. The van der Waals surface area contributed by atoms with Crippen LogP contribution in [0, 0.1) is 0 Å². The van der Waals surface area contributed by atoms with Crippen molar-refractivity contribution in [3.05, 3.63) is 27.6 Å². The highest BCUT2D eigenvalue weighted by atomic mass is 35.5. The summed E-state index contributed by atoms with van der Waals surface area (Å²) < 4.78 is 26.6. The van der Waals surface area contributed by atoms with Gasteiger partial charge in [0.25, 0.3) is 5.56 Å². The molecule has 6 nitrogen and oxygen atoms in total. The topological polar surface area (TPSA) is 82.3 Å². The number of halogens is 1. The molecule has 1 aromatic heterocycles. The number of hydrogen-bond acceptors (Lipinski definition) is 4. The van der Waals surface area contributed by atoms with E-state index in [9.17, 15) is 13.2 Å². The van der Waals surface area contributed by atoms with E-state index in [1.54, 1.807) is 0 Å². The Morgan fingerprint density at radius 2 is 2.32 bits per heavy atom. The summed E-state index contributed by atoms with van der Waals surface area (Å²) >= 11 is 5.63. The smallest absolute Gasteiger partial charge is 0.266 e. The zero-order valence-electron chi connectivity index (χ0n) is 10.5. The van der Waals surface area contributed by atoms with E-state index in [1.165, 1.54) is 0 Å². The fourth-order valence-corrected chi connectivity index (χ4v) is 3.42. The zero-order valence-corrected chi connectivity index (χ0v) is 12.1. The molecule has 106 valence electrons. The van der Waals surface area contributed by atoms with E-state index in [1.807, 2.05) is 7.05 Å². The number of aromatic nitrogens is 1. The van der Waals surface area contributed by atoms with Crippen molar-refractivity contribution in [2.75, 3.05) is 20.1 Å². The molecule has 1 unspecified atom stereocenters. The highest BCUT2D eigenvalue weighted by Gasteiger charge is 2.23. The molecule has 19 heavy (non-hydrogen) atoms. The van der Waals surface area contributed by atoms with Gasteiger partial charge in [-0.1, -0.05) is 11.6 Å². The molecule has 1 saturated heterocycles. The fourth-order valence-electron chi connectivity index (χ4n) is 2.12. The molecule has 2 rings (SSSR count). The van der Waals surface area contributed by atoms with E-state index in [0.717, 1.165) is 31.6 Å². The van der Waals surface area contributed by atoms with Crippen LogP contribution in [-0.2, 0) is 10.0 Å². The summed E-state index contributed by atoms with van der Waals surface area (Å²) in [5, 5.41) is -0.138. The Bertz CT molecular complexity index is 614. The second kappa shape index (κ2) is 5.62. The Balaban J connectivity index is 2.09. The van der Waals surface area contributed by atoms with Gasteiger partial charge < -0.3 is 9.88 Å². The summed E-state index contributed by atoms with van der Waals surface area (Å²) in [6.45, 7) is 1.34. The Morgan fingerprint density at radius 1 is 1.58 bits per heavy atom. The molecule has 0 aromatic carbocycles. The van der Waals surface area contributed by atoms with Crippen molar-refractivity contribution >= 4 is 21.6 Å². The molecule has 1 aliphatic heterocycles. The lowest BCUT2D eigenvalue weighted by molar-refractivity contribution is 0.311. The SMILES string of the molecule is CN1CCCC1CNS(=O)(=O)c1c[nH]c(=O)c(Cl)c1. The Kier molecular flexibility index (Phi) is 4.29. The second-order valence-corrected chi connectivity index (χ2v) is 6.82. The Labute approximate surface area is 116 Å². The quantitative estimate of drug-likeness (QED) is 0.843. The van der Waals surface area contributed by atoms with Crippen LogP contribution in [0.5, 0.6) is 0 Å². The maximum Gasteiger partial charge on any atom is 0.266 e. The van der Waals surface area contributed by atoms with Gasteiger partial charge in [-0.15, -0.1) is 0 Å². The van der Waals surface area contributed by atoms with Crippen molar-refractivity contribution in [3.8, 4) is 0 Å². The highest BCUT2D eigenvalue weighted by molar-refractivity contribution is 7.89. The van der Waals surface area contributed by atoms with Crippen LogP contribution in [0.15, 0.2) is 22.0 Å². The molecule has 0 bridgehead atoms. The maximum absolute atomic E-state index is 12.0. The Hall–Kier alpha value is -0.890. The number of nitrogens with zero attached hydrogens (tertiary/aromatic N) is 1. The minimum atomic E-state index is -3.64. The highest BCUT2D eigenvalue weighted by Crippen LogP contribution is 2.15. The van der Waals surface area contributed by atoms with Crippen LogP contribution < -0.4 is 10.3 Å². The lowest BCUT2D eigenvalue weighted by Crippen LogP contribution is -2.38. The fraction of sp³-hybridized carbons (Fsp3) is 0.545. The van der Waals surface area contributed by atoms with Gasteiger partial charge in [-0.2, -0.15) is 0 Å². The molecule has 1 fully saturated rings. The monoisotopic (exact) mass is 305 g/mol. The summed E-state index contributed by atoms with van der Waals surface area (Å²) in [7, 11) is -1.67. The van der Waals surface area contributed by atoms with E-state index in [0.29, 0.717) is 6.54 Å². The van der Waals surface area contributed by atoms with Gasteiger partial charge in [0.1, 0.15) is 5.02 Å². The molecule has 0 radical (unpaired) electrons. The standard InChI is InChI=1S/C11H16ClN3O3S/c1-15-4-2-3-8(15)6-14-19(17,18)9-5-10(12)11(16)13-7-9/h5,7-8,14H,2-4,6H2,1H3,(H,13,16). The number of H-pyrrole nitrogens is 1. The van der Waals surface area contributed by atoms with Crippen molar-refractivity contribution in [3.63, 3.8) is 0 Å². The molecule has 8 heteroatoms. The van der Waals surface area contributed by atoms with Gasteiger partial charge in [-0.25, -0.2) is 13.1 Å². The second-order valence-electron chi connectivity index (χ2n) is 4.64. The predicted octanol–water partition coefficient (Wildman–Crippen LogP) is 0.401. The normalized spacial score (nSPS) is 20.8. The average molecular weight is 306 g/mol. The molecule has 2 heterocycles. The van der Waals surface area contributed by atoms with E-state index in [-0.39, 0.29) is 16.0 Å². The van der Waals surface area contributed by atoms with E-state index in [4.69, 9.17) is 11.6 Å². The van der Waals surface area contributed by atoms with Gasteiger partial charge in [0, 0.05) is 18.8 Å². The number of aromatic amines is 1. The van der Waals surface area contributed by atoms with Gasteiger partial charge in [0.15, 0.2) is 0 Å². The summed E-state index contributed by atoms with van der Waals surface area (Å²) in [6.07, 6.45) is 3.20. The predicted molar refractivity (Wildman–Crippen MR) is 72.9 cm³/mol. The van der Waals surface area contributed by atoms with E-state index < -0.39 is 15.6 Å². The largest absolute Gasteiger partial charge is 0.326 e. The molecular weight excluding hydrogens is 290 g/mol. The number of likely N-dealkylation sites (tertiary alicyclic amines) is 1. The van der Waals surface area contributed by atoms with Gasteiger partial charge in [0.05, 0.1) is 4.90 Å². The van der Waals surface area contributed by atoms with Crippen LogP contribution in [0.2, 0.25) is 5.02 Å². The van der Waals surface area contributed by atoms with E-state index >= 15 is 0 Å². The van der Waals surface area contributed by atoms with Crippen LogP contribution >= 0.6 is 11.6 Å². The van der Waals surface area contributed by atoms with Gasteiger partial charge in [-0.3, -0.25) is 4.79 Å². The van der Waals surface area contributed by atoms with Crippen LogP contribution in [0.3, 0.4) is 0 Å². The van der Waals surface area contributed by atoms with Gasteiger partial charge in [0.2, 0.25) is 10.0 Å². The number of rotatable bonds is 4. The lowest BCUT2D eigenvalue weighted by Gasteiger charge is -2.19.